The van der Waals surface area contributed by atoms with Crippen LogP contribution in [0, 0.1) is 0 Å². The van der Waals surface area contributed by atoms with E-state index in [4.69, 9.17) is 21.1 Å². The first-order valence-corrected chi connectivity index (χ1v) is 7.47. The molecule has 2 aromatic rings. The van der Waals surface area contributed by atoms with Gasteiger partial charge < -0.3 is 14.8 Å². The van der Waals surface area contributed by atoms with Crippen molar-refractivity contribution in [2.75, 3.05) is 13.2 Å². The zero-order valence-electron chi connectivity index (χ0n) is 11.9. The van der Waals surface area contributed by atoms with Crippen molar-refractivity contribution in [2.45, 2.75) is 19.5 Å². The first kappa shape index (κ1) is 14.2. The Balaban J connectivity index is 1.63. The molecule has 0 unspecified atom stereocenters. The molecule has 4 heteroatoms. The van der Waals surface area contributed by atoms with Crippen molar-refractivity contribution in [2.24, 2.45) is 0 Å². The van der Waals surface area contributed by atoms with Gasteiger partial charge in [-0.15, -0.1) is 0 Å². The van der Waals surface area contributed by atoms with E-state index in [0.717, 1.165) is 23.1 Å². The average molecular weight is 304 g/mol. The van der Waals surface area contributed by atoms with E-state index in [1.807, 2.05) is 36.4 Å². The summed E-state index contributed by atoms with van der Waals surface area (Å²) in [7, 11) is 0. The zero-order chi connectivity index (χ0) is 14.7. The number of halogens is 1. The van der Waals surface area contributed by atoms with Crippen molar-refractivity contribution in [3.8, 4) is 11.5 Å². The summed E-state index contributed by atoms with van der Waals surface area (Å²) in [5.41, 5.74) is 2.40. The Morgan fingerprint density at radius 3 is 2.52 bits per heavy atom. The normalized spacial score (nSPS) is 14.8. The van der Waals surface area contributed by atoms with Gasteiger partial charge in [-0.05, 0) is 42.3 Å². The summed E-state index contributed by atoms with van der Waals surface area (Å²) in [6.45, 7) is 4.16. The molecule has 1 aliphatic heterocycles. The van der Waals surface area contributed by atoms with Gasteiger partial charge in [-0.25, -0.2) is 0 Å². The highest BCUT2D eigenvalue weighted by atomic mass is 35.5. The van der Waals surface area contributed by atoms with Gasteiger partial charge in [0.05, 0.1) is 0 Å². The average Bonchev–Trinajstić information content (AvgIpc) is 2.53. The van der Waals surface area contributed by atoms with E-state index in [0.29, 0.717) is 13.2 Å². The number of hydrogen-bond acceptors (Lipinski definition) is 3. The maximum absolute atomic E-state index is 5.91. The van der Waals surface area contributed by atoms with Gasteiger partial charge in [0, 0.05) is 17.6 Å². The minimum atomic E-state index is 0.260. The molecule has 0 fully saturated rings. The van der Waals surface area contributed by atoms with Crippen LogP contribution in [0.1, 0.15) is 24.1 Å². The Labute approximate surface area is 129 Å². The summed E-state index contributed by atoms with van der Waals surface area (Å²) in [5.74, 6) is 1.66. The van der Waals surface area contributed by atoms with Gasteiger partial charge >= 0.3 is 0 Å². The molecule has 21 heavy (non-hydrogen) atoms. The zero-order valence-corrected chi connectivity index (χ0v) is 12.7. The van der Waals surface area contributed by atoms with Gasteiger partial charge in [0.15, 0.2) is 11.5 Å². The van der Waals surface area contributed by atoms with Crippen LogP contribution >= 0.6 is 11.6 Å². The first-order chi connectivity index (χ1) is 10.2. The Morgan fingerprint density at radius 2 is 1.76 bits per heavy atom. The van der Waals surface area contributed by atoms with E-state index in [1.165, 1.54) is 11.1 Å². The highest BCUT2D eigenvalue weighted by molar-refractivity contribution is 6.30. The van der Waals surface area contributed by atoms with Crippen LogP contribution < -0.4 is 14.8 Å². The highest BCUT2D eigenvalue weighted by Gasteiger charge is 2.12. The molecule has 1 N–H and O–H groups in total. The highest BCUT2D eigenvalue weighted by Crippen LogP contribution is 2.30. The largest absolute Gasteiger partial charge is 0.486 e. The lowest BCUT2D eigenvalue weighted by Crippen LogP contribution is -2.19. The topological polar surface area (TPSA) is 30.5 Å². The smallest absolute Gasteiger partial charge is 0.161 e. The van der Waals surface area contributed by atoms with Gasteiger partial charge in [-0.3, -0.25) is 0 Å². The quantitative estimate of drug-likeness (QED) is 0.927. The lowest BCUT2D eigenvalue weighted by atomic mass is 10.1. The third-order valence-corrected chi connectivity index (χ3v) is 3.84. The van der Waals surface area contributed by atoms with Crippen LogP contribution in [0.15, 0.2) is 42.5 Å². The standard InChI is InChI=1S/C17H18ClNO2/c1-12(14-3-5-15(18)6-4-14)19-11-13-2-7-16-17(10-13)21-9-8-20-16/h2-7,10,12,19H,8-9,11H2,1H3/t12-/m1/s1. The van der Waals surface area contributed by atoms with Crippen LogP contribution in [0.5, 0.6) is 11.5 Å². The molecule has 110 valence electrons. The summed E-state index contributed by atoms with van der Waals surface area (Å²) in [6.07, 6.45) is 0. The molecule has 1 aliphatic rings. The van der Waals surface area contributed by atoms with Crippen molar-refractivity contribution < 1.29 is 9.47 Å². The number of rotatable bonds is 4. The molecule has 3 nitrogen and oxygen atoms in total. The molecule has 0 aliphatic carbocycles. The maximum atomic E-state index is 5.91. The Hall–Kier alpha value is -1.71. The second kappa shape index (κ2) is 6.37. The Kier molecular flexibility index (Phi) is 4.32. The van der Waals surface area contributed by atoms with Crippen LogP contribution in [0.4, 0.5) is 0 Å². The number of benzene rings is 2. The van der Waals surface area contributed by atoms with Gasteiger partial charge in [0.25, 0.3) is 0 Å². The van der Waals surface area contributed by atoms with Gasteiger partial charge in [0.1, 0.15) is 13.2 Å². The fourth-order valence-corrected chi connectivity index (χ4v) is 2.46. The molecular formula is C17H18ClNO2. The monoisotopic (exact) mass is 303 g/mol. The van der Waals surface area contributed by atoms with Crippen molar-refractivity contribution in [3.63, 3.8) is 0 Å². The van der Waals surface area contributed by atoms with E-state index in [9.17, 15) is 0 Å². The second-order valence-corrected chi connectivity index (χ2v) is 5.57. The third kappa shape index (κ3) is 3.49. The molecule has 2 aromatic carbocycles. The van der Waals surface area contributed by atoms with Gasteiger partial charge in [-0.2, -0.15) is 0 Å². The van der Waals surface area contributed by atoms with E-state index in [1.54, 1.807) is 0 Å². The second-order valence-electron chi connectivity index (χ2n) is 5.13. The van der Waals surface area contributed by atoms with Crippen molar-refractivity contribution in [3.05, 3.63) is 58.6 Å². The molecule has 0 radical (unpaired) electrons. The molecule has 0 saturated carbocycles. The molecule has 0 amide bonds. The minimum absolute atomic E-state index is 0.260. The lowest BCUT2D eigenvalue weighted by molar-refractivity contribution is 0.171. The minimum Gasteiger partial charge on any atom is -0.486 e. The van der Waals surface area contributed by atoms with Crippen LogP contribution in [-0.4, -0.2) is 13.2 Å². The third-order valence-electron chi connectivity index (χ3n) is 3.59. The summed E-state index contributed by atoms with van der Waals surface area (Å²) in [6, 6.07) is 14.3. The van der Waals surface area contributed by atoms with Crippen LogP contribution in [-0.2, 0) is 6.54 Å². The lowest BCUT2D eigenvalue weighted by Gasteiger charge is -2.20. The summed E-state index contributed by atoms with van der Waals surface area (Å²) >= 11 is 5.91. The maximum Gasteiger partial charge on any atom is 0.161 e. The first-order valence-electron chi connectivity index (χ1n) is 7.10. The van der Waals surface area contributed by atoms with E-state index >= 15 is 0 Å². The van der Waals surface area contributed by atoms with Crippen molar-refractivity contribution in [1.82, 2.24) is 5.32 Å². The number of fused-ring (bicyclic) bond motifs is 1. The van der Waals surface area contributed by atoms with Crippen molar-refractivity contribution >= 4 is 11.6 Å². The number of hydrogen-bond donors (Lipinski definition) is 1. The molecule has 3 rings (SSSR count). The fraction of sp³-hybridized carbons (Fsp3) is 0.294. The van der Waals surface area contributed by atoms with E-state index < -0.39 is 0 Å². The SMILES string of the molecule is C[C@@H](NCc1ccc2c(c1)OCCO2)c1ccc(Cl)cc1. The van der Waals surface area contributed by atoms with E-state index in [2.05, 4.69) is 18.3 Å². The van der Waals surface area contributed by atoms with Crippen LogP contribution in [0.2, 0.25) is 5.02 Å². The molecule has 0 spiro atoms. The summed E-state index contributed by atoms with van der Waals surface area (Å²) < 4.78 is 11.1. The molecule has 0 aromatic heterocycles. The van der Waals surface area contributed by atoms with Crippen LogP contribution in [0.25, 0.3) is 0 Å². The molecule has 1 heterocycles. The van der Waals surface area contributed by atoms with Crippen molar-refractivity contribution in [1.29, 1.82) is 0 Å². The predicted octanol–water partition coefficient (Wildman–Crippen LogP) is 3.96. The summed E-state index contributed by atoms with van der Waals surface area (Å²) in [4.78, 5) is 0. The molecular weight excluding hydrogens is 286 g/mol. The summed E-state index contributed by atoms with van der Waals surface area (Å²) in [5, 5.41) is 4.26. The van der Waals surface area contributed by atoms with Crippen LogP contribution in [0.3, 0.4) is 0 Å². The van der Waals surface area contributed by atoms with E-state index in [-0.39, 0.29) is 6.04 Å². The molecule has 0 bridgehead atoms. The number of ether oxygens (including phenoxy) is 2. The Morgan fingerprint density at radius 1 is 1.05 bits per heavy atom. The van der Waals surface area contributed by atoms with Gasteiger partial charge in [-0.1, -0.05) is 29.8 Å². The molecule has 1 atom stereocenters. The fourth-order valence-electron chi connectivity index (χ4n) is 2.34. The number of nitrogens with one attached hydrogen (secondary N) is 1. The van der Waals surface area contributed by atoms with Gasteiger partial charge in [0.2, 0.25) is 0 Å². The Bertz CT molecular complexity index is 613. The predicted molar refractivity (Wildman–Crippen MR) is 84.1 cm³/mol. The molecule has 0 saturated heterocycles.